The Morgan fingerprint density at radius 1 is 0.971 bits per heavy atom. The average molecular weight is 484 g/mol. The number of ketones is 1. The second kappa shape index (κ2) is 9.02. The van der Waals surface area contributed by atoms with Gasteiger partial charge in [0.2, 0.25) is 5.13 Å². The maximum atomic E-state index is 13.2. The number of phenolic OH excluding ortho intramolecular Hbond substituents is 1. The molecular formula is C23H21N3O7S. The number of aromatic hydroxyl groups is 1. The van der Waals surface area contributed by atoms with Crippen molar-refractivity contribution >= 4 is 33.9 Å². The largest absolute Gasteiger partial charge is 0.507 e. The van der Waals surface area contributed by atoms with Crippen LogP contribution in [0.4, 0.5) is 5.13 Å². The molecule has 1 saturated heterocycles. The summed E-state index contributed by atoms with van der Waals surface area (Å²) in [7, 11) is 4.31. The molecule has 0 spiro atoms. The van der Waals surface area contributed by atoms with Gasteiger partial charge in [-0.2, -0.15) is 0 Å². The zero-order valence-corrected chi connectivity index (χ0v) is 19.5. The lowest BCUT2D eigenvalue weighted by Crippen LogP contribution is -2.29. The summed E-state index contributed by atoms with van der Waals surface area (Å²) in [6.07, 6.45) is 0. The average Bonchev–Trinajstić information content (AvgIpc) is 3.38. The van der Waals surface area contributed by atoms with Gasteiger partial charge in [0.15, 0.2) is 23.0 Å². The number of rotatable bonds is 6. The molecule has 1 amide bonds. The first-order valence-electron chi connectivity index (χ1n) is 10.0. The van der Waals surface area contributed by atoms with E-state index in [0.717, 1.165) is 11.3 Å². The number of anilines is 1. The molecule has 3 aromatic rings. The highest BCUT2D eigenvalue weighted by molar-refractivity contribution is 7.15. The van der Waals surface area contributed by atoms with Crippen LogP contribution in [0.5, 0.6) is 23.0 Å². The van der Waals surface area contributed by atoms with E-state index < -0.39 is 23.5 Å². The van der Waals surface area contributed by atoms with E-state index in [9.17, 15) is 19.8 Å². The molecule has 0 radical (unpaired) electrons. The van der Waals surface area contributed by atoms with Gasteiger partial charge < -0.3 is 24.4 Å². The Morgan fingerprint density at radius 2 is 1.68 bits per heavy atom. The summed E-state index contributed by atoms with van der Waals surface area (Å²) in [4.78, 5) is 27.5. The van der Waals surface area contributed by atoms with Gasteiger partial charge >= 0.3 is 5.91 Å². The summed E-state index contributed by atoms with van der Waals surface area (Å²) in [5, 5.41) is 30.1. The Hall–Kier alpha value is -4.12. The number of carbonyl (C=O) groups is 2. The van der Waals surface area contributed by atoms with Crippen LogP contribution in [0.2, 0.25) is 0 Å². The van der Waals surface area contributed by atoms with Gasteiger partial charge in [-0.1, -0.05) is 17.4 Å². The SMILES string of the molecule is COc1cc(C2/C(=C(/O)c3ccc(OC)c(OC)c3)C(=O)C(=O)N2c2nnc(C)s2)ccc1O. The smallest absolute Gasteiger partial charge is 0.301 e. The molecule has 10 nitrogen and oxygen atoms in total. The molecule has 0 aliphatic carbocycles. The number of hydrogen-bond donors (Lipinski definition) is 2. The lowest BCUT2D eigenvalue weighted by atomic mass is 9.95. The summed E-state index contributed by atoms with van der Waals surface area (Å²) < 4.78 is 15.7. The third-order valence-electron chi connectivity index (χ3n) is 5.34. The topological polar surface area (TPSA) is 131 Å². The monoisotopic (exact) mass is 483 g/mol. The predicted molar refractivity (Wildman–Crippen MR) is 124 cm³/mol. The predicted octanol–water partition coefficient (Wildman–Crippen LogP) is 3.20. The van der Waals surface area contributed by atoms with Crippen LogP contribution in [0, 0.1) is 6.92 Å². The van der Waals surface area contributed by atoms with Crippen molar-refractivity contribution in [3.05, 3.63) is 58.1 Å². The quantitative estimate of drug-likeness (QED) is 0.308. The minimum atomic E-state index is -1.05. The van der Waals surface area contributed by atoms with Gasteiger partial charge in [0.25, 0.3) is 5.78 Å². The standard InChI is InChI=1S/C23H21N3O7S/c1-11-24-25-23(34-11)26-19(12-5-7-14(27)16(9-12)32-3)18(21(29)22(26)30)20(28)13-6-8-15(31-2)17(10-13)33-4/h5-10,19,27-28H,1-4H3/b20-18-. The summed E-state index contributed by atoms with van der Waals surface area (Å²) in [6.45, 7) is 1.72. The highest BCUT2D eigenvalue weighted by Crippen LogP contribution is 2.45. The molecule has 0 saturated carbocycles. The van der Waals surface area contributed by atoms with Crippen molar-refractivity contribution in [3.8, 4) is 23.0 Å². The third-order valence-corrected chi connectivity index (χ3v) is 6.18. The molecule has 2 N–H and O–H groups in total. The zero-order chi connectivity index (χ0) is 24.6. The van der Waals surface area contributed by atoms with Crippen molar-refractivity contribution in [1.29, 1.82) is 0 Å². The van der Waals surface area contributed by atoms with Crippen molar-refractivity contribution in [2.45, 2.75) is 13.0 Å². The Bertz CT molecular complexity index is 1320. The van der Waals surface area contributed by atoms with Crippen molar-refractivity contribution in [3.63, 3.8) is 0 Å². The van der Waals surface area contributed by atoms with Crippen LogP contribution in [-0.2, 0) is 9.59 Å². The summed E-state index contributed by atoms with van der Waals surface area (Å²) in [6, 6.07) is 8.01. The van der Waals surface area contributed by atoms with Crippen molar-refractivity contribution < 1.29 is 34.0 Å². The number of hydrogen-bond acceptors (Lipinski definition) is 10. The maximum absolute atomic E-state index is 13.2. The zero-order valence-electron chi connectivity index (χ0n) is 18.7. The molecule has 4 rings (SSSR count). The number of ether oxygens (including phenoxy) is 3. The van der Waals surface area contributed by atoms with Crippen LogP contribution >= 0.6 is 11.3 Å². The minimum Gasteiger partial charge on any atom is -0.507 e. The number of Topliss-reactive ketones (excluding diaryl/α,β-unsaturated/α-hetero) is 1. The molecule has 1 fully saturated rings. The maximum Gasteiger partial charge on any atom is 0.301 e. The number of carbonyl (C=O) groups excluding carboxylic acids is 2. The van der Waals surface area contributed by atoms with Crippen LogP contribution in [-0.4, -0.2) is 53.4 Å². The molecule has 0 bridgehead atoms. The Morgan fingerprint density at radius 3 is 2.29 bits per heavy atom. The third kappa shape index (κ3) is 3.79. The summed E-state index contributed by atoms with van der Waals surface area (Å²) in [5.74, 6) is -1.36. The number of aliphatic hydroxyl groups excluding tert-OH is 1. The number of aromatic nitrogens is 2. The molecule has 176 valence electrons. The van der Waals surface area contributed by atoms with Gasteiger partial charge in [0.1, 0.15) is 10.8 Å². The lowest BCUT2D eigenvalue weighted by molar-refractivity contribution is -0.132. The van der Waals surface area contributed by atoms with Crippen LogP contribution in [0.1, 0.15) is 22.2 Å². The molecule has 2 heterocycles. The Kier molecular flexibility index (Phi) is 6.12. The molecule has 11 heteroatoms. The number of methoxy groups -OCH3 is 3. The minimum absolute atomic E-state index is 0.116. The van der Waals surface area contributed by atoms with E-state index in [0.29, 0.717) is 22.1 Å². The second-order valence-electron chi connectivity index (χ2n) is 7.27. The van der Waals surface area contributed by atoms with Gasteiger partial charge in [0, 0.05) is 5.56 Å². The van der Waals surface area contributed by atoms with E-state index in [4.69, 9.17) is 14.2 Å². The highest BCUT2D eigenvalue weighted by Gasteiger charge is 2.48. The van der Waals surface area contributed by atoms with Gasteiger partial charge in [-0.25, -0.2) is 0 Å². The molecular weight excluding hydrogens is 462 g/mol. The van der Waals surface area contributed by atoms with Gasteiger partial charge in [-0.05, 0) is 42.8 Å². The number of aliphatic hydroxyl groups is 1. The van der Waals surface area contributed by atoms with Gasteiger partial charge in [0.05, 0.1) is 32.9 Å². The fraction of sp³-hybridized carbons (Fsp3) is 0.217. The highest BCUT2D eigenvalue weighted by atomic mass is 32.1. The fourth-order valence-electron chi connectivity index (χ4n) is 3.73. The lowest BCUT2D eigenvalue weighted by Gasteiger charge is -2.23. The molecule has 1 unspecified atom stereocenters. The van der Waals surface area contributed by atoms with E-state index in [1.54, 1.807) is 19.1 Å². The van der Waals surface area contributed by atoms with Crippen LogP contribution < -0.4 is 19.1 Å². The molecule has 2 aromatic carbocycles. The van der Waals surface area contributed by atoms with E-state index in [2.05, 4.69) is 10.2 Å². The van der Waals surface area contributed by atoms with Crippen LogP contribution in [0.25, 0.3) is 5.76 Å². The number of nitrogens with zero attached hydrogens (tertiary/aromatic N) is 3. The summed E-state index contributed by atoms with van der Waals surface area (Å²) >= 11 is 1.13. The van der Waals surface area contributed by atoms with E-state index in [1.807, 2.05) is 0 Å². The molecule has 1 aliphatic rings. The number of benzene rings is 2. The van der Waals surface area contributed by atoms with E-state index in [1.165, 1.54) is 50.5 Å². The van der Waals surface area contributed by atoms with Gasteiger partial charge in [-0.3, -0.25) is 14.5 Å². The van der Waals surface area contributed by atoms with Gasteiger partial charge in [-0.15, -0.1) is 10.2 Å². The first kappa shape index (κ1) is 23.1. The first-order chi connectivity index (χ1) is 16.3. The van der Waals surface area contributed by atoms with Crippen LogP contribution in [0.3, 0.4) is 0 Å². The van der Waals surface area contributed by atoms with Crippen molar-refractivity contribution in [1.82, 2.24) is 10.2 Å². The second-order valence-corrected chi connectivity index (χ2v) is 8.43. The Balaban J connectivity index is 1.96. The van der Waals surface area contributed by atoms with Crippen molar-refractivity contribution in [2.75, 3.05) is 26.2 Å². The van der Waals surface area contributed by atoms with E-state index >= 15 is 0 Å². The number of phenols is 1. The molecule has 1 aliphatic heterocycles. The summed E-state index contributed by atoms with van der Waals surface area (Å²) in [5.41, 5.74) is 0.515. The molecule has 34 heavy (non-hydrogen) atoms. The molecule has 1 atom stereocenters. The van der Waals surface area contributed by atoms with E-state index in [-0.39, 0.29) is 27.8 Å². The first-order valence-corrected chi connectivity index (χ1v) is 10.8. The number of amides is 1. The van der Waals surface area contributed by atoms with Crippen molar-refractivity contribution in [2.24, 2.45) is 0 Å². The molecule has 1 aromatic heterocycles. The normalized spacial score (nSPS) is 17.2. The van der Waals surface area contributed by atoms with Crippen LogP contribution in [0.15, 0.2) is 42.0 Å². The Labute approximate surface area is 198 Å². The fourth-order valence-corrected chi connectivity index (χ4v) is 4.45. The number of aryl methyl sites for hydroxylation is 1.